The van der Waals surface area contributed by atoms with Gasteiger partial charge in [0.15, 0.2) is 0 Å². The van der Waals surface area contributed by atoms with Crippen LogP contribution in [-0.4, -0.2) is 45.2 Å². The number of likely N-dealkylation sites (N-methyl/N-ethyl adjacent to an activating group) is 1. The Labute approximate surface area is 143 Å². The third-order valence-electron chi connectivity index (χ3n) is 3.50. The average Bonchev–Trinajstić information content (AvgIpc) is 2.60. The van der Waals surface area contributed by atoms with Crippen LogP contribution in [0.3, 0.4) is 0 Å². The first-order chi connectivity index (χ1) is 11.6. The van der Waals surface area contributed by atoms with Gasteiger partial charge in [-0.05, 0) is 43.4 Å². The third-order valence-corrected chi connectivity index (χ3v) is 3.50. The fourth-order valence-corrected chi connectivity index (χ4v) is 2.14. The molecule has 4 nitrogen and oxygen atoms in total. The highest BCUT2D eigenvalue weighted by atomic mass is 16.5. The molecule has 2 rings (SSSR count). The van der Waals surface area contributed by atoms with Gasteiger partial charge in [0.2, 0.25) is 0 Å². The zero-order valence-electron chi connectivity index (χ0n) is 14.4. The van der Waals surface area contributed by atoms with Crippen LogP contribution in [0.1, 0.15) is 11.1 Å². The molecular weight excluding hydrogens is 302 g/mol. The maximum absolute atomic E-state index is 12.5. The van der Waals surface area contributed by atoms with Crippen molar-refractivity contribution in [2.24, 2.45) is 0 Å². The van der Waals surface area contributed by atoms with Crippen molar-refractivity contribution in [1.82, 2.24) is 4.90 Å². The third kappa shape index (κ3) is 5.25. The summed E-state index contributed by atoms with van der Waals surface area (Å²) in [6.07, 6.45) is 1.84. The van der Waals surface area contributed by atoms with Crippen molar-refractivity contribution < 1.29 is 14.3 Å². The van der Waals surface area contributed by atoms with E-state index in [1.165, 1.54) is 0 Å². The second kappa shape index (κ2) is 8.89. The van der Waals surface area contributed by atoms with Gasteiger partial charge in [-0.1, -0.05) is 42.5 Å². The molecule has 0 saturated carbocycles. The maximum Gasteiger partial charge on any atom is 0.338 e. The minimum absolute atomic E-state index is 0.320. The van der Waals surface area contributed by atoms with Gasteiger partial charge in [-0.15, -0.1) is 0 Å². The van der Waals surface area contributed by atoms with E-state index in [9.17, 15) is 4.79 Å². The molecule has 0 atom stereocenters. The highest BCUT2D eigenvalue weighted by Crippen LogP contribution is 2.21. The molecule has 0 aliphatic heterocycles. The van der Waals surface area contributed by atoms with Crippen molar-refractivity contribution in [2.75, 3.05) is 34.4 Å². The summed E-state index contributed by atoms with van der Waals surface area (Å²) in [6, 6.07) is 17.1. The zero-order valence-corrected chi connectivity index (χ0v) is 14.4. The number of carbonyl (C=O) groups is 1. The molecule has 4 heteroatoms. The molecule has 2 aromatic carbocycles. The molecule has 0 amide bonds. The number of esters is 1. The normalized spacial score (nSPS) is 11.4. The van der Waals surface area contributed by atoms with Crippen molar-refractivity contribution in [3.8, 4) is 5.75 Å². The van der Waals surface area contributed by atoms with Gasteiger partial charge in [-0.2, -0.15) is 0 Å². The number of hydrogen-bond donors (Lipinski definition) is 0. The van der Waals surface area contributed by atoms with Crippen molar-refractivity contribution >= 4 is 17.6 Å². The number of hydrogen-bond acceptors (Lipinski definition) is 4. The molecule has 0 N–H and O–H groups in total. The Morgan fingerprint density at radius 1 is 1.04 bits per heavy atom. The highest BCUT2D eigenvalue weighted by molar-refractivity contribution is 6.21. The van der Waals surface area contributed by atoms with Crippen LogP contribution < -0.4 is 4.74 Å². The predicted octanol–water partition coefficient (Wildman–Crippen LogP) is 3.34. The van der Waals surface area contributed by atoms with E-state index in [2.05, 4.69) is 0 Å². The Morgan fingerprint density at radius 2 is 1.71 bits per heavy atom. The van der Waals surface area contributed by atoms with Crippen LogP contribution in [0.15, 0.2) is 54.6 Å². The van der Waals surface area contributed by atoms with Gasteiger partial charge in [-0.25, -0.2) is 4.79 Å². The standard InChI is InChI=1S/C20H23NO3/c1-21(2)13-14-24-20(22)19(17-7-5-4-6-8-17)15-16-9-11-18(23-3)12-10-16/h4-12,15H,13-14H2,1-3H3/b19-15+. The van der Waals surface area contributed by atoms with Gasteiger partial charge in [0.05, 0.1) is 12.7 Å². The van der Waals surface area contributed by atoms with E-state index >= 15 is 0 Å². The molecule has 0 spiro atoms. The lowest BCUT2D eigenvalue weighted by Crippen LogP contribution is -2.20. The molecule has 126 valence electrons. The molecule has 0 bridgehead atoms. The number of ether oxygens (including phenoxy) is 2. The fourth-order valence-electron chi connectivity index (χ4n) is 2.14. The van der Waals surface area contributed by atoms with E-state index in [0.29, 0.717) is 18.7 Å². The first-order valence-corrected chi connectivity index (χ1v) is 7.83. The molecular formula is C20H23NO3. The van der Waals surface area contributed by atoms with Crippen molar-refractivity contribution in [3.63, 3.8) is 0 Å². The first kappa shape index (κ1) is 17.8. The Hall–Kier alpha value is -2.59. The maximum atomic E-state index is 12.5. The molecule has 2 aromatic rings. The first-order valence-electron chi connectivity index (χ1n) is 7.83. The van der Waals surface area contributed by atoms with Crippen LogP contribution in [0.4, 0.5) is 0 Å². The summed E-state index contributed by atoms with van der Waals surface area (Å²) in [5.41, 5.74) is 2.29. The predicted molar refractivity (Wildman–Crippen MR) is 96.8 cm³/mol. The SMILES string of the molecule is COc1ccc(/C=C(/C(=O)OCCN(C)C)c2ccccc2)cc1. The second-order valence-corrected chi connectivity index (χ2v) is 5.64. The summed E-state index contributed by atoms with van der Waals surface area (Å²) in [5, 5.41) is 0. The van der Waals surface area contributed by atoms with E-state index in [0.717, 1.165) is 16.9 Å². The van der Waals surface area contributed by atoms with Gasteiger partial charge in [0.25, 0.3) is 0 Å². The lowest BCUT2D eigenvalue weighted by atomic mass is 10.0. The van der Waals surface area contributed by atoms with E-state index in [1.54, 1.807) is 7.11 Å². The van der Waals surface area contributed by atoms with Gasteiger partial charge < -0.3 is 14.4 Å². The van der Waals surface area contributed by atoms with Crippen LogP contribution in [0.2, 0.25) is 0 Å². The Balaban J connectivity index is 2.25. The van der Waals surface area contributed by atoms with Gasteiger partial charge >= 0.3 is 5.97 Å². The molecule has 0 aromatic heterocycles. The fraction of sp³-hybridized carbons (Fsp3) is 0.250. The van der Waals surface area contributed by atoms with E-state index in [-0.39, 0.29) is 5.97 Å². The molecule has 0 unspecified atom stereocenters. The van der Waals surface area contributed by atoms with Gasteiger partial charge in [0, 0.05) is 6.54 Å². The Bertz CT molecular complexity index is 676. The zero-order chi connectivity index (χ0) is 17.4. The van der Waals surface area contributed by atoms with Gasteiger partial charge in [-0.3, -0.25) is 0 Å². The lowest BCUT2D eigenvalue weighted by molar-refractivity contribution is -0.136. The van der Waals surface area contributed by atoms with Crippen LogP contribution >= 0.6 is 0 Å². The topological polar surface area (TPSA) is 38.8 Å². The summed E-state index contributed by atoms with van der Waals surface area (Å²) in [7, 11) is 5.51. The summed E-state index contributed by atoms with van der Waals surface area (Å²) in [4.78, 5) is 14.5. The smallest absolute Gasteiger partial charge is 0.338 e. The molecule has 0 radical (unpaired) electrons. The number of benzene rings is 2. The van der Waals surface area contributed by atoms with E-state index in [1.807, 2.05) is 79.7 Å². The quantitative estimate of drug-likeness (QED) is 0.445. The van der Waals surface area contributed by atoms with Crippen LogP contribution in [0.25, 0.3) is 11.6 Å². The van der Waals surface area contributed by atoms with E-state index in [4.69, 9.17) is 9.47 Å². The lowest BCUT2D eigenvalue weighted by Gasteiger charge is -2.12. The van der Waals surface area contributed by atoms with Crippen LogP contribution in [0.5, 0.6) is 5.75 Å². The monoisotopic (exact) mass is 325 g/mol. The molecule has 24 heavy (non-hydrogen) atoms. The molecule has 0 heterocycles. The Morgan fingerprint density at radius 3 is 2.29 bits per heavy atom. The number of carbonyl (C=O) groups excluding carboxylic acids is 1. The summed E-state index contributed by atoms with van der Waals surface area (Å²) in [6.45, 7) is 1.05. The minimum Gasteiger partial charge on any atom is -0.497 e. The largest absolute Gasteiger partial charge is 0.497 e. The van der Waals surface area contributed by atoms with E-state index < -0.39 is 0 Å². The van der Waals surface area contributed by atoms with Gasteiger partial charge in [0.1, 0.15) is 12.4 Å². The number of methoxy groups -OCH3 is 1. The molecule has 0 aliphatic carbocycles. The number of rotatable bonds is 7. The van der Waals surface area contributed by atoms with Crippen molar-refractivity contribution in [2.45, 2.75) is 0 Å². The molecule has 0 fully saturated rings. The highest BCUT2D eigenvalue weighted by Gasteiger charge is 2.13. The summed E-state index contributed by atoms with van der Waals surface area (Å²) >= 11 is 0. The molecule has 0 aliphatic rings. The summed E-state index contributed by atoms with van der Waals surface area (Å²) in [5.74, 6) is 0.459. The molecule has 0 saturated heterocycles. The van der Waals surface area contributed by atoms with Crippen molar-refractivity contribution in [1.29, 1.82) is 0 Å². The number of nitrogens with zero attached hydrogens (tertiary/aromatic N) is 1. The second-order valence-electron chi connectivity index (χ2n) is 5.64. The average molecular weight is 325 g/mol. The van der Waals surface area contributed by atoms with Crippen molar-refractivity contribution in [3.05, 3.63) is 65.7 Å². The van der Waals surface area contributed by atoms with Crippen LogP contribution in [-0.2, 0) is 9.53 Å². The summed E-state index contributed by atoms with van der Waals surface area (Å²) < 4.78 is 10.6. The minimum atomic E-state index is -0.320. The Kier molecular flexibility index (Phi) is 6.58. The van der Waals surface area contributed by atoms with Crippen LogP contribution in [0, 0.1) is 0 Å².